The summed E-state index contributed by atoms with van der Waals surface area (Å²) in [6, 6.07) is 69.9. The van der Waals surface area contributed by atoms with Gasteiger partial charge in [0.25, 0.3) is 0 Å². The van der Waals surface area contributed by atoms with Gasteiger partial charge in [0.15, 0.2) is 0 Å². The highest BCUT2D eigenvalue weighted by Crippen LogP contribution is 2.44. The van der Waals surface area contributed by atoms with E-state index in [-0.39, 0.29) is 0 Å². The molecule has 0 aliphatic rings. The highest BCUT2D eigenvalue weighted by Gasteiger charge is 2.20. The molecule has 48 heavy (non-hydrogen) atoms. The molecule has 0 bridgehead atoms. The molecule has 1 heterocycles. The number of rotatable bonds is 6. The van der Waals surface area contributed by atoms with Crippen molar-refractivity contribution in [2.24, 2.45) is 0 Å². The van der Waals surface area contributed by atoms with Crippen molar-refractivity contribution < 1.29 is 0 Å². The Morgan fingerprint density at radius 2 is 0.938 bits per heavy atom. The van der Waals surface area contributed by atoms with Gasteiger partial charge in [0.05, 0.1) is 22.4 Å². The van der Waals surface area contributed by atoms with Crippen LogP contribution in [0.2, 0.25) is 0 Å². The lowest BCUT2D eigenvalue weighted by atomic mass is 9.99. The third kappa shape index (κ3) is 4.74. The Hall–Kier alpha value is -6.38. The van der Waals surface area contributed by atoms with Crippen LogP contribution in [0.5, 0.6) is 0 Å². The lowest BCUT2D eigenvalue weighted by Crippen LogP contribution is -2.11. The highest BCUT2D eigenvalue weighted by molar-refractivity contribution is 6.11. The molecule has 9 aromatic rings. The zero-order valence-corrected chi connectivity index (χ0v) is 26.4. The first-order valence-corrected chi connectivity index (χ1v) is 16.4. The van der Waals surface area contributed by atoms with E-state index < -0.39 is 0 Å². The fraction of sp³-hybridized carbons (Fsp3) is 0. The quantitative estimate of drug-likeness (QED) is 0.181. The van der Waals surface area contributed by atoms with Crippen LogP contribution in [0.25, 0.3) is 60.5 Å². The topological polar surface area (TPSA) is 8.17 Å². The summed E-state index contributed by atoms with van der Waals surface area (Å²) in [6.07, 6.45) is 0. The second-order valence-corrected chi connectivity index (χ2v) is 12.2. The van der Waals surface area contributed by atoms with Crippen molar-refractivity contribution in [3.05, 3.63) is 194 Å². The van der Waals surface area contributed by atoms with Crippen molar-refractivity contribution in [1.29, 1.82) is 0 Å². The Kier molecular flexibility index (Phi) is 6.84. The molecule has 8 aromatic carbocycles. The van der Waals surface area contributed by atoms with Gasteiger partial charge in [-0.2, -0.15) is 0 Å². The summed E-state index contributed by atoms with van der Waals surface area (Å²) in [5.74, 6) is 0. The van der Waals surface area contributed by atoms with Crippen molar-refractivity contribution in [2.75, 3.05) is 4.90 Å². The average molecular weight is 613 g/mol. The molecular formula is C46H32N2. The molecule has 0 N–H and O–H groups in total. The number of fused-ring (bicyclic) bond motifs is 4. The number of para-hydroxylation sites is 3. The molecule has 0 amide bonds. The van der Waals surface area contributed by atoms with Gasteiger partial charge in [-0.3, -0.25) is 0 Å². The molecule has 0 radical (unpaired) electrons. The van der Waals surface area contributed by atoms with Crippen LogP contribution in [0.3, 0.4) is 0 Å². The summed E-state index contributed by atoms with van der Waals surface area (Å²) in [5.41, 5.74) is 11.7. The maximum Gasteiger partial charge on any atom is 0.0547 e. The van der Waals surface area contributed by atoms with E-state index in [1.54, 1.807) is 0 Å². The van der Waals surface area contributed by atoms with Crippen LogP contribution < -0.4 is 4.90 Å². The highest BCUT2D eigenvalue weighted by atomic mass is 15.1. The maximum atomic E-state index is 2.42. The lowest BCUT2D eigenvalue weighted by molar-refractivity contribution is 1.18. The van der Waals surface area contributed by atoms with Crippen LogP contribution in [0.4, 0.5) is 17.1 Å². The third-order valence-electron chi connectivity index (χ3n) is 9.38. The monoisotopic (exact) mass is 612 g/mol. The summed E-state index contributed by atoms with van der Waals surface area (Å²) in [7, 11) is 0. The first-order chi connectivity index (χ1) is 23.8. The van der Waals surface area contributed by atoms with Crippen LogP contribution in [0, 0.1) is 0 Å². The minimum atomic E-state index is 1.11. The summed E-state index contributed by atoms with van der Waals surface area (Å²) in [6.45, 7) is 0. The number of hydrogen-bond donors (Lipinski definition) is 0. The van der Waals surface area contributed by atoms with Crippen molar-refractivity contribution in [3.63, 3.8) is 0 Å². The Morgan fingerprint density at radius 3 is 1.77 bits per heavy atom. The number of aromatic nitrogens is 1. The SMILES string of the molecule is c1ccc(-c2ccc(N(c3ccccc3-c3ccc4c5ccccc5n(-c5ccccc5)c4c3)c3cccc4ccccc34)cc2)cc1. The van der Waals surface area contributed by atoms with Crippen LogP contribution in [0.1, 0.15) is 0 Å². The van der Waals surface area contributed by atoms with Gasteiger partial charge in [-0.15, -0.1) is 0 Å². The molecular weight excluding hydrogens is 581 g/mol. The van der Waals surface area contributed by atoms with Crippen LogP contribution in [0.15, 0.2) is 194 Å². The Balaban J connectivity index is 1.27. The molecule has 1 aromatic heterocycles. The van der Waals surface area contributed by atoms with E-state index in [2.05, 4.69) is 204 Å². The van der Waals surface area contributed by atoms with Gasteiger partial charge in [-0.1, -0.05) is 146 Å². The standard InChI is InChI=1S/C46H32N2/c1-3-14-33(15-4-1)34-26-29-38(30-27-34)47(44-25-13-17-35-16-7-8-20-39(35)44)43-23-11-9-21-40(43)36-28-31-42-41-22-10-12-24-45(41)48(46(42)32-36)37-18-5-2-6-19-37/h1-32H. The summed E-state index contributed by atoms with van der Waals surface area (Å²) < 4.78 is 2.39. The van der Waals surface area contributed by atoms with Gasteiger partial charge in [0.1, 0.15) is 0 Å². The molecule has 0 unspecified atom stereocenters. The van der Waals surface area contributed by atoms with Crippen LogP contribution >= 0.6 is 0 Å². The predicted molar refractivity (Wildman–Crippen MR) is 204 cm³/mol. The minimum absolute atomic E-state index is 1.11. The van der Waals surface area contributed by atoms with E-state index in [1.807, 2.05) is 0 Å². The smallest absolute Gasteiger partial charge is 0.0547 e. The zero-order chi connectivity index (χ0) is 31.9. The van der Waals surface area contributed by atoms with E-state index in [0.717, 1.165) is 22.7 Å². The van der Waals surface area contributed by atoms with Gasteiger partial charge in [0, 0.05) is 33.1 Å². The first kappa shape index (κ1) is 27.9. The molecule has 0 aliphatic heterocycles. The number of nitrogens with zero attached hydrogens (tertiary/aromatic N) is 2. The van der Waals surface area contributed by atoms with Crippen molar-refractivity contribution in [1.82, 2.24) is 4.57 Å². The zero-order valence-electron chi connectivity index (χ0n) is 26.4. The predicted octanol–water partition coefficient (Wildman–Crippen LogP) is 12.7. The fourth-order valence-electron chi connectivity index (χ4n) is 7.15. The maximum absolute atomic E-state index is 2.42. The van der Waals surface area contributed by atoms with Gasteiger partial charge < -0.3 is 9.47 Å². The summed E-state index contributed by atoms with van der Waals surface area (Å²) >= 11 is 0. The molecule has 226 valence electrons. The molecule has 2 heteroatoms. The average Bonchev–Trinajstić information content (AvgIpc) is 3.50. The largest absolute Gasteiger partial charge is 0.309 e. The molecule has 0 fully saturated rings. The molecule has 2 nitrogen and oxygen atoms in total. The number of hydrogen-bond acceptors (Lipinski definition) is 1. The second kappa shape index (κ2) is 11.8. The molecule has 0 atom stereocenters. The van der Waals surface area contributed by atoms with E-state index in [1.165, 1.54) is 54.8 Å². The lowest BCUT2D eigenvalue weighted by Gasteiger charge is -2.29. The van der Waals surface area contributed by atoms with Crippen molar-refractivity contribution in [2.45, 2.75) is 0 Å². The van der Waals surface area contributed by atoms with E-state index in [0.29, 0.717) is 0 Å². The van der Waals surface area contributed by atoms with Crippen molar-refractivity contribution in [3.8, 4) is 27.9 Å². The first-order valence-electron chi connectivity index (χ1n) is 16.4. The van der Waals surface area contributed by atoms with E-state index in [9.17, 15) is 0 Å². The van der Waals surface area contributed by atoms with Gasteiger partial charge >= 0.3 is 0 Å². The van der Waals surface area contributed by atoms with Crippen LogP contribution in [-0.2, 0) is 0 Å². The summed E-state index contributed by atoms with van der Waals surface area (Å²) in [5, 5.41) is 4.93. The molecule has 9 rings (SSSR count). The number of anilines is 3. The molecule has 0 spiro atoms. The summed E-state index contributed by atoms with van der Waals surface area (Å²) in [4.78, 5) is 2.42. The molecule has 0 saturated carbocycles. The third-order valence-corrected chi connectivity index (χ3v) is 9.38. The Labute approximate surface area is 280 Å². The minimum Gasteiger partial charge on any atom is -0.309 e. The fourth-order valence-corrected chi connectivity index (χ4v) is 7.15. The van der Waals surface area contributed by atoms with Gasteiger partial charge in [-0.25, -0.2) is 0 Å². The Morgan fingerprint density at radius 1 is 0.354 bits per heavy atom. The van der Waals surface area contributed by atoms with Crippen molar-refractivity contribution >= 4 is 49.6 Å². The van der Waals surface area contributed by atoms with Gasteiger partial charge in [-0.05, 0) is 70.6 Å². The van der Waals surface area contributed by atoms with Crippen LogP contribution in [-0.4, -0.2) is 4.57 Å². The molecule has 0 saturated heterocycles. The molecule has 0 aliphatic carbocycles. The van der Waals surface area contributed by atoms with Gasteiger partial charge in [0.2, 0.25) is 0 Å². The number of benzene rings is 8. The van der Waals surface area contributed by atoms with E-state index in [4.69, 9.17) is 0 Å². The normalized spacial score (nSPS) is 11.3. The Bertz CT molecular complexity index is 2540. The van der Waals surface area contributed by atoms with E-state index >= 15 is 0 Å². The second-order valence-electron chi connectivity index (χ2n) is 12.2.